The fraction of sp³-hybridized carbons (Fsp3) is 0.818. The van der Waals surface area contributed by atoms with Gasteiger partial charge in [-0.2, -0.15) is 0 Å². The number of unbranched alkanes of at least 4 members (excludes halogenated alkanes) is 54. The van der Waals surface area contributed by atoms with Gasteiger partial charge >= 0.3 is 7.32 Å². The lowest BCUT2D eigenvalue weighted by atomic mass is 9.88. The third-order valence-electron chi connectivity index (χ3n) is 23.5. The van der Waals surface area contributed by atoms with Gasteiger partial charge in [0.15, 0.2) is 0 Å². The molecule has 0 radical (unpaired) electrons. The Bertz CT molecular complexity index is 2080. The van der Waals surface area contributed by atoms with Gasteiger partial charge in [-0.3, -0.25) is 0 Å². The smallest absolute Gasteiger partial charge is 0.489 e. The van der Waals surface area contributed by atoms with E-state index in [1.807, 2.05) is 0 Å². The monoisotopic (exact) mass is 1430 g/mol. The molecule has 594 valence electrons. The summed E-state index contributed by atoms with van der Waals surface area (Å²) in [4.78, 5) is 0. The van der Waals surface area contributed by atoms with Crippen LogP contribution in [0.3, 0.4) is 0 Å². The number of hydrogen-bond acceptors (Lipinski definition) is 3. The molecule has 3 nitrogen and oxygen atoms in total. The minimum Gasteiger partial charge on any atom is -0.489 e. The molecule has 0 heterocycles. The predicted molar refractivity (Wildman–Crippen MR) is 462 cm³/mol. The second kappa shape index (κ2) is 69.6. The van der Waals surface area contributed by atoms with Crippen LogP contribution in [0.25, 0.3) is 0 Å². The largest absolute Gasteiger partial charge is 0.864 e. The van der Waals surface area contributed by atoms with Gasteiger partial charge < -0.3 is 14.0 Å². The summed E-state index contributed by atoms with van der Waals surface area (Å²) in [6, 6.07) is 14.9. The van der Waals surface area contributed by atoms with Gasteiger partial charge in [0.2, 0.25) is 0 Å². The Labute approximate surface area is 645 Å². The van der Waals surface area contributed by atoms with Crippen molar-refractivity contribution >= 4 is 7.32 Å². The van der Waals surface area contributed by atoms with Crippen molar-refractivity contribution in [3.63, 3.8) is 0 Å². The van der Waals surface area contributed by atoms with Crippen LogP contribution in [0.4, 0.5) is 0 Å². The Morgan fingerprint density at radius 2 is 0.291 bits per heavy atom. The van der Waals surface area contributed by atoms with E-state index in [1.165, 1.54) is 440 Å². The summed E-state index contributed by atoms with van der Waals surface area (Å²) < 4.78 is 23.7. The highest BCUT2D eigenvalue weighted by Gasteiger charge is 2.35. The molecule has 0 aromatic heterocycles. The minimum atomic E-state index is -0.936. The van der Waals surface area contributed by atoms with E-state index >= 15 is 0 Å². The van der Waals surface area contributed by atoms with E-state index in [2.05, 4.69) is 98.7 Å². The van der Waals surface area contributed by atoms with Crippen LogP contribution in [0.5, 0.6) is 17.2 Å². The SMILES string of the molecule is CCCCCCCCCc1ccc(OB(Oc2ccc(CCCCCCCCC)c(CCCCCCCCC)c2CCCCCCCCC)Oc2ccc(CCCCCCCCC)c(CCCCCCCCC)c2CCCCCCCCC)c(CCCCCCCCC)c1CCCCCCCCC. The molecule has 103 heavy (non-hydrogen) atoms. The van der Waals surface area contributed by atoms with Gasteiger partial charge in [-0.1, -0.05) is 427 Å². The molecule has 0 amide bonds. The van der Waals surface area contributed by atoms with Crippen molar-refractivity contribution in [2.45, 2.75) is 525 Å². The molecule has 0 fully saturated rings. The molecule has 0 spiro atoms. The van der Waals surface area contributed by atoms with Crippen LogP contribution in [0, 0.1) is 0 Å². The summed E-state index contributed by atoms with van der Waals surface area (Å²) in [6.07, 6.45) is 93.9. The predicted octanol–water partition coefficient (Wildman–Crippen LogP) is 33.8. The van der Waals surface area contributed by atoms with Crippen LogP contribution in [-0.4, -0.2) is 7.32 Å². The van der Waals surface area contributed by atoms with Gasteiger partial charge in [0.25, 0.3) is 0 Å². The molecule has 0 saturated carbocycles. The van der Waals surface area contributed by atoms with Crippen molar-refractivity contribution < 1.29 is 14.0 Å². The van der Waals surface area contributed by atoms with E-state index < -0.39 is 7.32 Å². The molecule has 0 N–H and O–H groups in total. The van der Waals surface area contributed by atoms with E-state index in [1.54, 1.807) is 33.4 Å². The van der Waals surface area contributed by atoms with Crippen LogP contribution < -0.4 is 14.0 Å². The van der Waals surface area contributed by atoms with Crippen molar-refractivity contribution in [1.82, 2.24) is 0 Å². The lowest BCUT2D eigenvalue weighted by molar-refractivity contribution is 0.302. The quantitative estimate of drug-likeness (QED) is 0.0416. The first-order chi connectivity index (χ1) is 50.9. The normalized spacial score (nSPS) is 11.6. The zero-order valence-corrected chi connectivity index (χ0v) is 71.2. The van der Waals surface area contributed by atoms with Gasteiger partial charge in [0.05, 0.1) is 0 Å². The van der Waals surface area contributed by atoms with E-state index in [9.17, 15) is 0 Å². The molecular weight excluding hydrogens is 1250 g/mol. The van der Waals surface area contributed by atoms with Crippen LogP contribution in [0.2, 0.25) is 0 Å². The topological polar surface area (TPSA) is 27.7 Å². The van der Waals surface area contributed by atoms with Crippen molar-refractivity contribution in [3.8, 4) is 17.2 Å². The molecule has 0 atom stereocenters. The molecule has 0 aliphatic rings. The van der Waals surface area contributed by atoms with Crippen LogP contribution in [-0.2, 0) is 57.8 Å². The Kier molecular flexibility index (Phi) is 63.7. The maximum absolute atomic E-state index is 7.91. The van der Waals surface area contributed by atoms with Gasteiger partial charge in [-0.15, -0.1) is 0 Å². The number of hydrogen-bond donors (Lipinski definition) is 0. The summed E-state index contributed by atoms with van der Waals surface area (Å²) in [7, 11) is -0.936. The third kappa shape index (κ3) is 47.0. The van der Waals surface area contributed by atoms with Crippen molar-refractivity contribution in [2.75, 3.05) is 0 Å². The van der Waals surface area contributed by atoms with E-state index in [4.69, 9.17) is 14.0 Å². The zero-order valence-electron chi connectivity index (χ0n) is 71.2. The summed E-state index contributed by atoms with van der Waals surface area (Å²) in [5, 5.41) is 0. The average Bonchev–Trinajstić information content (AvgIpc) is 0.803. The lowest BCUT2D eigenvalue weighted by Gasteiger charge is -2.26. The van der Waals surface area contributed by atoms with E-state index in [0.717, 1.165) is 55.8 Å². The Hall–Kier alpha value is -2.88. The summed E-state index contributed by atoms with van der Waals surface area (Å²) in [5.41, 5.74) is 14.0. The number of rotatable bonds is 78. The second-order valence-corrected chi connectivity index (χ2v) is 33.0. The first-order valence-corrected chi connectivity index (χ1v) is 47.3. The summed E-state index contributed by atoms with van der Waals surface area (Å²) in [6.45, 7) is 21.2. The molecule has 3 aromatic carbocycles. The highest BCUT2D eigenvalue weighted by Crippen LogP contribution is 2.38. The molecule has 0 aliphatic heterocycles. The first-order valence-electron chi connectivity index (χ1n) is 47.3. The molecule has 0 bridgehead atoms. The van der Waals surface area contributed by atoms with Crippen LogP contribution in [0.15, 0.2) is 36.4 Å². The Morgan fingerprint density at radius 1 is 0.155 bits per heavy atom. The Balaban J connectivity index is 2.47. The molecular formula is C99H177BO3. The van der Waals surface area contributed by atoms with E-state index in [0.29, 0.717) is 0 Å². The molecule has 3 rings (SSSR count). The van der Waals surface area contributed by atoms with Crippen molar-refractivity contribution in [3.05, 3.63) is 86.5 Å². The summed E-state index contributed by atoms with van der Waals surface area (Å²) >= 11 is 0. The number of benzene rings is 3. The lowest BCUT2D eigenvalue weighted by Crippen LogP contribution is -2.38. The zero-order chi connectivity index (χ0) is 73.8. The molecule has 0 unspecified atom stereocenters. The van der Waals surface area contributed by atoms with E-state index in [-0.39, 0.29) is 0 Å². The molecule has 0 aliphatic carbocycles. The fourth-order valence-corrected chi connectivity index (χ4v) is 16.7. The summed E-state index contributed by atoms with van der Waals surface area (Å²) in [5.74, 6) is 3.08. The van der Waals surface area contributed by atoms with Gasteiger partial charge in [-0.25, -0.2) is 0 Å². The molecule has 0 saturated heterocycles. The fourth-order valence-electron chi connectivity index (χ4n) is 16.7. The number of aryl methyl sites for hydroxylation is 3. The highest BCUT2D eigenvalue weighted by molar-refractivity contribution is 6.39. The minimum absolute atomic E-state index is 0.936. The Morgan fingerprint density at radius 3 is 0.456 bits per heavy atom. The standard InChI is InChI=1S/C99H177BO3/c1-10-19-28-37-46-55-64-73-88-82-85-97(94(79-70-61-52-43-34-25-16-7)91(88)76-67-58-49-40-31-22-13-4)101-100(102-98-86-83-89(74-65-56-47-38-29-20-11-2)92(77-68-59-50-41-32-23-14-5)95(98)80-71-62-53-44-35-26-17-8)103-99-87-84-90(75-66-57-48-39-30-21-12-3)93(78-69-60-51-42-33-24-15-6)96(99)81-72-63-54-45-36-27-18-9/h82-87H,10-81H2,1-9H3. The van der Waals surface area contributed by atoms with Gasteiger partial charge in [0, 0.05) is 0 Å². The van der Waals surface area contributed by atoms with Crippen LogP contribution in [0.1, 0.15) is 517 Å². The van der Waals surface area contributed by atoms with Crippen molar-refractivity contribution in [2.24, 2.45) is 0 Å². The van der Waals surface area contributed by atoms with Crippen LogP contribution >= 0.6 is 0 Å². The molecule has 3 aromatic rings. The second-order valence-electron chi connectivity index (χ2n) is 33.0. The van der Waals surface area contributed by atoms with Gasteiger partial charge in [0.1, 0.15) is 17.2 Å². The average molecular weight is 1430 g/mol. The highest BCUT2D eigenvalue weighted by atomic mass is 16.7. The molecule has 4 heteroatoms. The van der Waals surface area contributed by atoms with Crippen molar-refractivity contribution in [1.29, 1.82) is 0 Å². The maximum atomic E-state index is 7.91. The maximum Gasteiger partial charge on any atom is 0.864 e. The first kappa shape index (κ1) is 94.3. The van der Waals surface area contributed by atoms with Gasteiger partial charge in [-0.05, 0) is 184 Å². The third-order valence-corrected chi connectivity index (χ3v) is 23.5.